The summed E-state index contributed by atoms with van der Waals surface area (Å²) in [6, 6.07) is -0.294. The quantitative estimate of drug-likeness (QED) is 0.660. The molecule has 0 saturated heterocycles. The molecule has 7 heteroatoms. The molecule has 0 aromatic carbocycles. The first kappa shape index (κ1) is 14.6. The fourth-order valence-corrected chi connectivity index (χ4v) is 1.47. The van der Waals surface area contributed by atoms with Crippen LogP contribution in [0.3, 0.4) is 0 Å². The van der Waals surface area contributed by atoms with Gasteiger partial charge < -0.3 is 10.1 Å². The molecular formula is C11H15ClFN3O2. The Balaban J connectivity index is 2.83. The number of anilines is 1. The molecule has 0 aliphatic rings. The predicted octanol–water partition coefficient (Wildman–Crippen LogP) is 2.27. The van der Waals surface area contributed by atoms with Crippen molar-refractivity contribution in [1.29, 1.82) is 0 Å². The number of nitrogens with zero attached hydrogens (tertiary/aromatic N) is 2. The van der Waals surface area contributed by atoms with E-state index in [-0.39, 0.29) is 35.5 Å². The Bertz CT molecular complexity index is 429. The van der Waals surface area contributed by atoms with Crippen LogP contribution >= 0.6 is 11.6 Å². The van der Waals surface area contributed by atoms with E-state index in [2.05, 4.69) is 20.0 Å². The SMILES string of the molecule is COC(=O)C[C@@H](Nc1nc(Cl)ncc1F)C(C)C. The molecule has 0 amide bonds. The molecule has 5 nitrogen and oxygen atoms in total. The second-order valence-corrected chi connectivity index (χ2v) is 4.45. The highest BCUT2D eigenvalue weighted by molar-refractivity contribution is 6.28. The van der Waals surface area contributed by atoms with Gasteiger partial charge in [0.2, 0.25) is 5.28 Å². The summed E-state index contributed by atoms with van der Waals surface area (Å²) in [4.78, 5) is 18.5. The number of halogens is 2. The largest absolute Gasteiger partial charge is 0.469 e. The normalized spacial score (nSPS) is 12.3. The van der Waals surface area contributed by atoms with Crippen molar-refractivity contribution in [3.8, 4) is 0 Å². The molecular weight excluding hydrogens is 261 g/mol. The highest BCUT2D eigenvalue weighted by Crippen LogP contribution is 2.17. The van der Waals surface area contributed by atoms with Gasteiger partial charge in [-0.2, -0.15) is 4.98 Å². The highest BCUT2D eigenvalue weighted by Gasteiger charge is 2.20. The number of methoxy groups -OCH3 is 1. The van der Waals surface area contributed by atoms with E-state index in [1.807, 2.05) is 13.8 Å². The Labute approximate surface area is 110 Å². The minimum Gasteiger partial charge on any atom is -0.469 e. The zero-order valence-corrected chi connectivity index (χ0v) is 11.2. The third-order valence-electron chi connectivity index (χ3n) is 2.46. The van der Waals surface area contributed by atoms with Crippen LogP contribution in [0.4, 0.5) is 10.2 Å². The van der Waals surface area contributed by atoms with Crippen LogP contribution in [0.2, 0.25) is 5.28 Å². The molecule has 1 heterocycles. The van der Waals surface area contributed by atoms with Crippen molar-refractivity contribution in [1.82, 2.24) is 9.97 Å². The van der Waals surface area contributed by atoms with E-state index in [9.17, 15) is 9.18 Å². The van der Waals surface area contributed by atoms with Gasteiger partial charge in [0.05, 0.1) is 19.7 Å². The highest BCUT2D eigenvalue weighted by atomic mass is 35.5. The van der Waals surface area contributed by atoms with Gasteiger partial charge in [0, 0.05) is 6.04 Å². The summed E-state index contributed by atoms with van der Waals surface area (Å²) >= 11 is 5.59. The van der Waals surface area contributed by atoms with E-state index in [0.717, 1.165) is 6.20 Å². The molecule has 18 heavy (non-hydrogen) atoms. The molecule has 100 valence electrons. The van der Waals surface area contributed by atoms with E-state index >= 15 is 0 Å². The van der Waals surface area contributed by atoms with Gasteiger partial charge in [-0.25, -0.2) is 9.37 Å². The lowest BCUT2D eigenvalue weighted by atomic mass is 10.0. The molecule has 0 fully saturated rings. The maximum absolute atomic E-state index is 13.5. The van der Waals surface area contributed by atoms with Gasteiger partial charge in [0.25, 0.3) is 0 Å². The lowest BCUT2D eigenvalue weighted by Gasteiger charge is -2.21. The summed E-state index contributed by atoms with van der Waals surface area (Å²) in [6.07, 6.45) is 1.10. The van der Waals surface area contributed by atoms with Crippen LogP contribution in [0.1, 0.15) is 20.3 Å². The molecule has 1 N–H and O–H groups in total. The van der Waals surface area contributed by atoms with Gasteiger partial charge in [-0.3, -0.25) is 4.79 Å². The second kappa shape index (κ2) is 6.49. The van der Waals surface area contributed by atoms with Crippen molar-refractivity contribution in [2.75, 3.05) is 12.4 Å². The number of nitrogens with one attached hydrogen (secondary N) is 1. The van der Waals surface area contributed by atoms with Crippen molar-refractivity contribution in [2.24, 2.45) is 5.92 Å². The number of carbonyl (C=O) groups excluding carboxylic acids is 1. The number of esters is 1. The number of hydrogen-bond acceptors (Lipinski definition) is 5. The van der Waals surface area contributed by atoms with Gasteiger partial charge in [0.1, 0.15) is 0 Å². The molecule has 0 unspecified atom stereocenters. The third kappa shape index (κ3) is 4.10. The molecule has 0 radical (unpaired) electrons. The number of rotatable bonds is 5. The van der Waals surface area contributed by atoms with Crippen molar-refractivity contribution in [3.05, 3.63) is 17.3 Å². The average Bonchev–Trinajstić information content (AvgIpc) is 2.32. The van der Waals surface area contributed by atoms with Gasteiger partial charge in [0.15, 0.2) is 11.6 Å². The topological polar surface area (TPSA) is 64.1 Å². The smallest absolute Gasteiger partial charge is 0.307 e. The van der Waals surface area contributed by atoms with Crippen LogP contribution in [-0.4, -0.2) is 29.1 Å². The molecule has 0 bridgehead atoms. The van der Waals surface area contributed by atoms with Gasteiger partial charge >= 0.3 is 5.97 Å². The van der Waals surface area contributed by atoms with E-state index in [1.165, 1.54) is 7.11 Å². The number of carbonyl (C=O) groups is 1. The molecule has 0 aliphatic heterocycles. The molecule has 1 atom stereocenters. The Morgan fingerprint density at radius 3 is 2.83 bits per heavy atom. The Morgan fingerprint density at radius 1 is 1.61 bits per heavy atom. The summed E-state index contributed by atoms with van der Waals surface area (Å²) in [5.41, 5.74) is 0. The second-order valence-electron chi connectivity index (χ2n) is 4.11. The average molecular weight is 276 g/mol. The lowest BCUT2D eigenvalue weighted by Crippen LogP contribution is -2.30. The lowest BCUT2D eigenvalue weighted by molar-refractivity contribution is -0.141. The van der Waals surface area contributed by atoms with Gasteiger partial charge in [-0.15, -0.1) is 0 Å². The molecule has 0 aliphatic carbocycles. The van der Waals surface area contributed by atoms with Crippen molar-refractivity contribution in [2.45, 2.75) is 26.3 Å². The number of aromatic nitrogens is 2. The molecule has 1 aromatic rings. The minimum absolute atomic E-state index is 0.0161. The molecule has 1 rings (SSSR count). The standard InChI is InChI=1S/C11H15ClFN3O2/c1-6(2)8(4-9(17)18-3)15-10-7(13)5-14-11(12)16-10/h5-6,8H,4H2,1-3H3,(H,14,15,16)/t8-/m1/s1. The first-order chi connectivity index (χ1) is 8.43. The molecule has 0 saturated carbocycles. The summed E-state index contributed by atoms with van der Waals surface area (Å²) < 4.78 is 18.0. The molecule has 1 aromatic heterocycles. The van der Waals surface area contributed by atoms with E-state index < -0.39 is 5.82 Å². The van der Waals surface area contributed by atoms with Crippen molar-refractivity contribution >= 4 is 23.4 Å². The van der Waals surface area contributed by atoms with Crippen LogP contribution in [0.25, 0.3) is 0 Å². The number of ether oxygens (including phenoxy) is 1. The first-order valence-corrected chi connectivity index (χ1v) is 5.83. The van der Waals surface area contributed by atoms with Crippen LogP contribution in [0, 0.1) is 11.7 Å². The zero-order valence-electron chi connectivity index (χ0n) is 10.4. The third-order valence-corrected chi connectivity index (χ3v) is 2.64. The van der Waals surface area contributed by atoms with Crippen LogP contribution in [-0.2, 0) is 9.53 Å². The van der Waals surface area contributed by atoms with E-state index in [0.29, 0.717) is 0 Å². The Morgan fingerprint density at radius 2 is 2.28 bits per heavy atom. The maximum atomic E-state index is 13.5. The minimum atomic E-state index is -0.616. The first-order valence-electron chi connectivity index (χ1n) is 5.45. The number of hydrogen-bond donors (Lipinski definition) is 1. The van der Waals surface area contributed by atoms with E-state index in [4.69, 9.17) is 11.6 Å². The predicted molar refractivity (Wildman–Crippen MR) is 65.9 cm³/mol. The fourth-order valence-electron chi connectivity index (χ4n) is 1.34. The maximum Gasteiger partial charge on any atom is 0.307 e. The van der Waals surface area contributed by atoms with E-state index in [1.54, 1.807) is 0 Å². The zero-order chi connectivity index (χ0) is 13.7. The molecule has 0 spiro atoms. The summed E-state index contributed by atoms with van der Waals surface area (Å²) in [5, 5.41) is 2.79. The van der Waals surface area contributed by atoms with Gasteiger partial charge in [-0.05, 0) is 17.5 Å². The van der Waals surface area contributed by atoms with Crippen molar-refractivity contribution in [3.63, 3.8) is 0 Å². The monoisotopic (exact) mass is 275 g/mol. The van der Waals surface area contributed by atoms with Crippen molar-refractivity contribution < 1.29 is 13.9 Å². The summed E-state index contributed by atoms with van der Waals surface area (Å²) in [7, 11) is 1.31. The fraction of sp³-hybridized carbons (Fsp3) is 0.545. The Kier molecular flexibility index (Phi) is 5.27. The summed E-state index contributed by atoms with van der Waals surface area (Å²) in [6.45, 7) is 3.81. The van der Waals surface area contributed by atoms with Gasteiger partial charge in [-0.1, -0.05) is 13.8 Å². The van der Waals surface area contributed by atoms with Crippen LogP contribution < -0.4 is 5.32 Å². The summed E-state index contributed by atoms with van der Waals surface area (Å²) in [5.74, 6) is -0.911. The van der Waals surface area contributed by atoms with Crippen LogP contribution in [0.5, 0.6) is 0 Å². The Hall–Kier alpha value is -1.43. The van der Waals surface area contributed by atoms with Crippen LogP contribution in [0.15, 0.2) is 6.20 Å².